The minimum absolute atomic E-state index is 0.299. The SMILES string of the molecule is COc1nccc(C(F)(F)F)c1C(=O)Nc1ccc(Cl)cc1. The van der Waals surface area contributed by atoms with Gasteiger partial charge in [0.05, 0.1) is 12.7 Å². The van der Waals surface area contributed by atoms with Crippen LogP contribution in [0.25, 0.3) is 0 Å². The molecule has 0 atom stereocenters. The third-order valence-electron chi connectivity index (χ3n) is 2.74. The quantitative estimate of drug-likeness (QED) is 0.925. The number of nitrogens with zero attached hydrogens (tertiary/aromatic N) is 1. The second-order valence-corrected chi connectivity index (χ2v) is 4.64. The zero-order chi connectivity index (χ0) is 16.3. The van der Waals surface area contributed by atoms with Gasteiger partial charge in [0.2, 0.25) is 5.88 Å². The number of anilines is 1. The lowest BCUT2D eigenvalue weighted by Crippen LogP contribution is -2.20. The number of nitrogens with one attached hydrogen (secondary N) is 1. The van der Waals surface area contributed by atoms with Gasteiger partial charge in [-0.1, -0.05) is 11.6 Å². The van der Waals surface area contributed by atoms with Crippen LogP contribution in [0.1, 0.15) is 15.9 Å². The molecule has 0 spiro atoms. The van der Waals surface area contributed by atoms with E-state index in [0.717, 1.165) is 19.4 Å². The number of benzene rings is 1. The second-order valence-electron chi connectivity index (χ2n) is 4.20. The van der Waals surface area contributed by atoms with Gasteiger partial charge in [-0.15, -0.1) is 0 Å². The number of alkyl halides is 3. The zero-order valence-electron chi connectivity index (χ0n) is 11.2. The molecule has 1 N–H and O–H groups in total. The number of aromatic nitrogens is 1. The Balaban J connectivity index is 2.41. The average molecular weight is 331 g/mol. The molecule has 8 heteroatoms. The van der Waals surface area contributed by atoms with Gasteiger partial charge in [-0.2, -0.15) is 13.2 Å². The van der Waals surface area contributed by atoms with Crippen molar-refractivity contribution in [2.45, 2.75) is 6.18 Å². The summed E-state index contributed by atoms with van der Waals surface area (Å²) in [6, 6.07) is 6.66. The number of hydrogen-bond donors (Lipinski definition) is 1. The maximum Gasteiger partial charge on any atom is 0.417 e. The van der Waals surface area contributed by atoms with Crippen LogP contribution in [-0.4, -0.2) is 18.0 Å². The number of ether oxygens (including phenoxy) is 1. The molecule has 0 unspecified atom stereocenters. The molecule has 22 heavy (non-hydrogen) atoms. The van der Waals surface area contributed by atoms with E-state index in [1.807, 2.05) is 0 Å². The van der Waals surface area contributed by atoms with E-state index in [9.17, 15) is 18.0 Å². The van der Waals surface area contributed by atoms with Crippen molar-refractivity contribution in [3.63, 3.8) is 0 Å². The summed E-state index contributed by atoms with van der Waals surface area (Å²) in [7, 11) is 1.14. The van der Waals surface area contributed by atoms with Crippen molar-refractivity contribution in [1.29, 1.82) is 0 Å². The van der Waals surface area contributed by atoms with Crippen LogP contribution in [0.5, 0.6) is 5.88 Å². The predicted octanol–water partition coefficient (Wildman–Crippen LogP) is 4.01. The van der Waals surface area contributed by atoms with E-state index in [4.69, 9.17) is 16.3 Å². The van der Waals surface area contributed by atoms with Gasteiger partial charge in [0.15, 0.2) is 0 Å². The average Bonchev–Trinajstić information content (AvgIpc) is 2.47. The number of amides is 1. The van der Waals surface area contributed by atoms with Crippen LogP contribution in [-0.2, 0) is 6.18 Å². The summed E-state index contributed by atoms with van der Waals surface area (Å²) in [4.78, 5) is 15.8. The van der Waals surface area contributed by atoms with Crippen LogP contribution in [0, 0.1) is 0 Å². The molecule has 0 bridgehead atoms. The molecule has 4 nitrogen and oxygen atoms in total. The molecule has 1 aromatic heterocycles. The van der Waals surface area contributed by atoms with E-state index in [-0.39, 0.29) is 0 Å². The fraction of sp³-hybridized carbons (Fsp3) is 0.143. The van der Waals surface area contributed by atoms with Crippen LogP contribution in [0.2, 0.25) is 5.02 Å². The number of carbonyl (C=O) groups is 1. The summed E-state index contributed by atoms with van der Waals surface area (Å²) in [5, 5.41) is 2.79. The van der Waals surface area contributed by atoms with Crippen LogP contribution in [0.15, 0.2) is 36.5 Å². The van der Waals surface area contributed by atoms with Crippen molar-refractivity contribution in [2.75, 3.05) is 12.4 Å². The lowest BCUT2D eigenvalue weighted by Gasteiger charge is -2.15. The minimum Gasteiger partial charge on any atom is -0.480 e. The summed E-state index contributed by atoms with van der Waals surface area (Å²) < 4.78 is 43.9. The molecule has 1 amide bonds. The highest BCUT2D eigenvalue weighted by atomic mass is 35.5. The van der Waals surface area contributed by atoms with E-state index >= 15 is 0 Å². The number of carbonyl (C=O) groups excluding carboxylic acids is 1. The molecule has 0 radical (unpaired) electrons. The molecular formula is C14H10ClF3N2O2. The molecule has 2 rings (SSSR count). The van der Waals surface area contributed by atoms with E-state index in [1.54, 1.807) is 0 Å². The molecule has 1 aromatic carbocycles. The first-order chi connectivity index (χ1) is 10.3. The van der Waals surface area contributed by atoms with Crippen molar-refractivity contribution < 1.29 is 22.7 Å². The number of halogens is 4. The largest absolute Gasteiger partial charge is 0.480 e. The Morgan fingerprint density at radius 2 is 1.86 bits per heavy atom. The van der Waals surface area contributed by atoms with Crippen LogP contribution in [0.4, 0.5) is 18.9 Å². The third kappa shape index (κ3) is 3.48. The maximum atomic E-state index is 13.0. The maximum absolute atomic E-state index is 13.0. The van der Waals surface area contributed by atoms with E-state index in [2.05, 4.69) is 10.3 Å². The summed E-state index contributed by atoms with van der Waals surface area (Å²) in [5.74, 6) is -1.37. The van der Waals surface area contributed by atoms with Gasteiger partial charge >= 0.3 is 6.18 Å². The Labute approximate surface area is 128 Å². The van der Waals surface area contributed by atoms with Crippen molar-refractivity contribution in [2.24, 2.45) is 0 Å². The fourth-order valence-electron chi connectivity index (χ4n) is 1.78. The van der Waals surface area contributed by atoms with Crippen molar-refractivity contribution in [3.8, 4) is 5.88 Å². The Morgan fingerprint density at radius 1 is 1.23 bits per heavy atom. The van der Waals surface area contributed by atoms with E-state index in [1.165, 1.54) is 24.3 Å². The summed E-state index contributed by atoms with van der Waals surface area (Å²) in [5.41, 5.74) is -1.49. The fourth-order valence-corrected chi connectivity index (χ4v) is 1.91. The first-order valence-electron chi connectivity index (χ1n) is 6.00. The number of methoxy groups -OCH3 is 1. The van der Waals surface area contributed by atoms with Gasteiger partial charge in [0, 0.05) is 16.9 Å². The van der Waals surface area contributed by atoms with Crippen molar-refractivity contribution in [1.82, 2.24) is 4.98 Å². The van der Waals surface area contributed by atoms with E-state index in [0.29, 0.717) is 10.7 Å². The number of hydrogen-bond acceptors (Lipinski definition) is 3. The van der Waals surface area contributed by atoms with Crippen LogP contribution >= 0.6 is 11.6 Å². The van der Waals surface area contributed by atoms with Gasteiger partial charge in [-0.05, 0) is 30.3 Å². The zero-order valence-corrected chi connectivity index (χ0v) is 12.0. The number of rotatable bonds is 3. The molecule has 0 aliphatic carbocycles. The molecule has 1 heterocycles. The first kappa shape index (κ1) is 16.1. The molecule has 0 saturated carbocycles. The first-order valence-corrected chi connectivity index (χ1v) is 6.38. The number of pyridine rings is 1. The van der Waals surface area contributed by atoms with Crippen LogP contribution < -0.4 is 10.1 Å². The molecule has 0 aliphatic heterocycles. The Hall–Kier alpha value is -2.28. The molecule has 2 aromatic rings. The lowest BCUT2D eigenvalue weighted by atomic mass is 10.1. The highest BCUT2D eigenvalue weighted by Crippen LogP contribution is 2.35. The minimum atomic E-state index is -4.71. The summed E-state index contributed by atoms with van der Waals surface area (Å²) in [6.45, 7) is 0. The molecule has 0 aliphatic rings. The third-order valence-corrected chi connectivity index (χ3v) is 3.00. The van der Waals surface area contributed by atoms with Crippen molar-refractivity contribution in [3.05, 3.63) is 52.7 Å². The van der Waals surface area contributed by atoms with Gasteiger partial charge < -0.3 is 10.1 Å². The highest BCUT2D eigenvalue weighted by Gasteiger charge is 2.37. The topological polar surface area (TPSA) is 51.2 Å². The Bertz CT molecular complexity index is 687. The summed E-state index contributed by atoms with van der Waals surface area (Å²) >= 11 is 5.71. The molecule has 0 fully saturated rings. The molecule has 0 saturated heterocycles. The molecule has 116 valence electrons. The Morgan fingerprint density at radius 3 is 2.41 bits per heavy atom. The van der Waals surface area contributed by atoms with E-state index < -0.39 is 29.1 Å². The predicted molar refractivity (Wildman–Crippen MR) is 75.2 cm³/mol. The van der Waals surface area contributed by atoms with Gasteiger partial charge in [0.25, 0.3) is 5.91 Å². The lowest BCUT2D eigenvalue weighted by molar-refractivity contribution is -0.138. The second kappa shape index (κ2) is 6.23. The van der Waals surface area contributed by atoms with Crippen LogP contribution in [0.3, 0.4) is 0 Å². The monoisotopic (exact) mass is 330 g/mol. The van der Waals surface area contributed by atoms with Gasteiger partial charge in [0.1, 0.15) is 5.56 Å². The molecular weight excluding hydrogens is 321 g/mol. The highest BCUT2D eigenvalue weighted by molar-refractivity contribution is 6.30. The smallest absolute Gasteiger partial charge is 0.417 e. The summed E-state index contributed by atoms with van der Waals surface area (Å²) in [6.07, 6.45) is -3.77. The standard InChI is InChI=1S/C14H10ClF3N2O2/c1-22-13-11(10(6-7-19-13)14(16,17)18)12(21)20-9-4-2-8(15)3-5-9/h2-7H,1H3,(H,20,21). The van der Waals surface area contributed by atoms with Gasteiger partial charge in [-0.25, -0.2) is 4.98 Å². The Kier molecular flexibility index (Phi) is 4.56. The van der Waals surface area contributed by atoms with Crippen molar-refractivity contribution >= 4 is 23.2 Å². The van der Waals surface area contributed by atoms with Gasteiger partial charge in [-0.3, -0.25) is 4.79 Å². The normalized spacial score (nSPS) is 11.1.